The maximum atomic E-state index is 12.8. The van der Waals surface area contributed by atoms with E-state index in [0.29, 0.717) is 24.1 Å². The molecule has 220 valence electrons. The number of nitrogens with zero attached hydrogens (tertiary/aromatic N) is 1. The molecule has 0 aromatic rings. The van der Waals surface area contributed by atoms with Crippen molar-refractivity contribution in [3.63, 3.8) is 0 Å². The Labute approximate surface area is 230 Å². The minimum absolute atomic E-state index is 0.0601. The van der Waals surface area contributed by atoms with Crippen molar-refractivity contribution in [2.45, 2.75) is 122 Å². The van der Waals surface area contributed by atoms with Crippen LogP contribution in [-0.4, -0.2) is 69.3 Å². The van der Waals surface area contributed by atoms with Gasteiger partial charge in [0.15, 0.2) is 5.78 Å². The average Bonchev–Trinajstić information content (AvgIpc) is 2.84. The van der Waals surface area contributed by atoms with Gasteiger partial charge in [-0.2, -0.15) is 0 Å². The van der Waals surface area contributed by atoms with Gasteiger partial charge in [-0.25, -0.2) is 0 Å². The van der Waals surface area contributed by atoms with E-state index >= 15 is 0 Å². The lowest BCUT2D eigenvalue weighted by atomic mass is 10.1. The van der Waals surface area contributed by atoms with Crippen LogP contribution >= 0.6 is 7.60 Å². The van der Waals surface area contributed by atoms with Gasteiger partial charge < -0.3 is 23.4 Å². The van der Waals surface area contributed by atoms with E-state index in [9.17, 15) is 9.46 Å². The van der Waals surface area contributed by atoms with E-state index in [-0.39, 0.29) is 12.7 Å². The van der Waals surface area contributed by atoms with Gasteiger partial charge in [0, 0.05) is 20.1 Å². The molecule has 0 radical (unpaired) electrons. The Morgan fingerprint density at radius 3 is 1.73 bits per heavy atom. The number of rotatable bonds is 26. The SMILES string of the molecule is CCCCCC/C=C\CCCC/C=C\CCCCCOC[C@H](COP(=O)(O)C(CCC)[N+](C)(C)C)OC. The second-order valence-corrected chi connectivity index (χ2v) is 13.1. The van der Waals surface area contributed by atoms with Crippen molar-refractivity contribution >= 4 is 7.60 Å². The molecule has 0 amide bonds. The summed E-state index contributed by atoms with van der Waals surface area (Å²) < 4.78 is 29.9. The molecular weight excluding hydrogens is 485 g/mol. The lowest BCUT2D eigenvalue weighted by Crippen LogP contribution is -2.45. The first-order valence-corrected chi connectivity index (χ1v) is 16.5. The van der Waals surface area contributed by atoms with Crippen molar-refractivity contribution in [2.75, 3.05) is 48.1 Å². The fourth-order valence-corrected chi connectivity index (χ4v) is 6.26. The van der Waals surface area contributed by atoms with E-state index in [1.807, 2.05) is 28.1 Å². The fraction of sp³-hybridized carbons (Fsp3) is 0.867. The molecule has 37 heavy (non-hydrogen) atoms. The third-order valence-corrected chi connectivity index (χ3v) is 8.83. The normalized spacial score (nSPS) is 16.0. The van der Waals surface area contributed by atoms with E-state index in [1.54, 1.807) is 7.11 Å². The highest BCUT2D eigenvalue weighted by Gasteiger charge is 2.42. The predicted octanol–water partition coefficient (Wildman–Crippen LogP) is 8.26. The van der Waals surface area contributed by atoms with E-state index in [2.05, 4.69) is 31.2 Å². The summed E-state index contributed by atoms with van der Waals surface area (Å²) >= 11 is 0. The zero-order chi connectivity index (χ0) is 27.8. The number of unbranched alkanes of at least 4 members (excludes halogenated alkanes) is 10. The van der Waals surface area contributed by atoms with Crippen LogP contribution in [0.3, 0.4) is 0 Å². The summed E-state index contributed by atoms with van der Waals surface area (Å²) in [6.45, 7) is 5.37. The van der Waals surface area contributed by atoms with Crippen molar-refractivity contribution < 1.29 is 27.9 Å². The molecule has 3 atom stereocenters. The second kappa shape index (κ2) is 23.4. The third kappa shape index (κ3) is 21.1. The molecule has 0 aliphatic rings. The minimum atomic E-state index is -3.76. The molecule has 0 aromatic carbocycles. The van der Waals surface area contributed by atoms with Crippen LogP contribution in [-0.2, 0) is 18.6 Å². The summed E-state index contributed by atoms with van der Waals surface area (Å²) in [4.78, 5) is 10.5. The van der Waals surface area contributed by atoms with Gasteiger partial charge in [0.1, 0.15) is 6.10 Å². The topological polar surface area (TPSA) is 65.0 Å². The van der Waals surface area contributed by atoms with Crippen molar-refractivity contribution in [3.8, 4) is 0 Å². The highest BCUT2D eigenvalue weighted by Crippen LogP contribution is 2.51. The van der Waals surface area contributed by atoms with E-state index in [4.69, 9.17) is 14.0 Å². The van der Waals surface area contributed by atoms with Crippen LogP contribution < -0.4 is 0 Å². The van der Waals surface area contributed by atoms with Gasteiger partial charge in [0.25, 0.3) is 0 Å². The number of ether oxygens (including phenoxy) is 2. The molecule has 1 N–H and O–H groups in total. The van der Waals surface area contributed by atoms with E-state index in [1.165, 1.54) is 64.2 Å². The zero-order valence-corrected chi connectivity index (χ0v) is 26.1. The van der Waals surface area contributed by atoms with Crippen LogP contribution in [0.25, 0.3) is 0 Å². The van der Waals surface area contributed by atoms with Crippen LogP contribution in [0.4, 0.5) is 0 Å². The molecule has 0 aliphatic carbocycles. The second-order valence-electron chi connectivity index (χ2n) is 11.1. The number of methoxy groups -OCH3 is 1. The van der Waals surface area contributed by atoms with Crippen LogP contribution in [0.2, 0.25) is 0 Å². The molecule has 6 nitrogen and oxygen atoms in total. The van der Waals surface area contributed by atoms with Crippen molar-refractivity contribution in [3.05, 3.63) is 24.3 Å². The first-order chi connectivity index (χ1) is 17.7. The van der Waals surface area contributed by atoms with Gasteiger partial charge in [-0.1, -0.05) is 63.8 Å². The lowest BCUT2D eigenvalue weighted by molar-refractivity contribution is -0.883. The molecule has 0 saturated carbocycles. The van der Waals surface area contributed by atoms with Crippen molar-refractivity contribution in [1.29, 1.82) is 0 Å². The molecular formula is C30H61NO5P+. The molecule has 0 rings (SSSR count). The quantitative estimate of drug-likeness (QED) is 0.0512. The van der Waals surface area contributed by atoms with E-state index in [0.717, 1.165) is 25.7 Å². The van der Waals surface area contributed by atoms with Crippen molar-refractivity contribution in [2.24, 2.45) is 0 Å². The van der Waals surface area contributed by atoms with Gasteiger partial charge in [0.2, 0.25) is 0 Å². The standard InChI is InChI=1S/C30H60NO5P/c1-7-9-10-11-12-13-14-15-16-17-18-19-20-21-22-23-24-26-35-27-29(34-6)28-36-37(32,33)30(25-8-2)31(3,4)5/h13-14,19-20,29-30H,7-12,15-18,21-28H2,1-6H3/p+1/b14-13-,20-19-/t29-,30?/m1/s1. The molecule has 0 spiro atoms. The number of hydrogen-bond acceptors (Lipinski definition) is 4. The van der Waals surface area contributed by atoms with Gasteiger partial charge in [-0.15, -0.1) is 0 Å². The maximum absolute atomic E-state index is 12.8. The van der Waals surface area contributed by atoms with Crippen LogP contribution in [0, 0.1) is 0 Å². The zero-order valence-electron chi connectivity index (χ0n) is 25.2. The summed E-state index contributed by atoms with van der Waals surface area (Å²) in [5.74, 6) is -0.447. The predicted molar refractivity (Wildman–Crippen MR) is 158 cm³/mol. The number of hydrogen-bond donors (Lipinski definition) is 1. The maximum Gasteiger partial charge on any atom is 0.385 e. The lowest BCUT2D eigenvalue weighted by Gasteiger charge is -2.36. The summed E-state index contributed by atoms with van der Waals surface area (Å²) in [6.07, 6.45) is 26.5. The molecule has 0 saturated heterocycles. The molecule has 0 aromatic heterocycles. The summed E-state index contributed by atoms with van der Waals surface area (Å²) in [5, 5.41) is 0. The summed E-state index contributed by atoms with van der Waals surface area (Å²) in [6, 6.07) is 0. The van der Waals surface area contributed by atoms with Gasteiger partial charge in [-0.3, -0.25) is 4.57 Å². The molecule has 0 heterocycles. The van der Waals surface area contributed by atoms with Gasteiger partial charge in [-0.05, 0) is 64.2 Å². The monoisotopic (exact) mass is 546 g/mol. The minimum Gasteiger partial charge on any atom is -0.379 e. The Bertz CT molecular complexity index is 618. The van der Waals surface area contributed by atoms with Crippen molar-refractivity contribution in [1.82, 2.24) is 0 Å². The molecule has 0 fully saturated rings. The summed E-state index contributed by atoms with van der Waals surface area (Å²) in [5.41, 5.74) is 0. The Balaban J connectivity index is 3.79. The highest BCUT2D eigenvalue weighted by atomic mass is 31.2. The third-order valence-electron chi connectivity index (χ3n) is 6.61. The largest absolute Gasteiger partial charge is 0.385 e. The Hall–Kier alpha value is -0.490. The van der Waals surface area contributed by atoms with Crippen LogP contribution in [0.5, 0.6) is 0 Å². The van der Waals surface area contributed by atoms with E-state index < -0.39 is 13.4 Å². The first kappa shape index (κ1) is 36.5. The van der Waals surface area contributed by atoms with Gasteiger partial charge in [0.05, 0.1) is 34.4 Å². The Morgan fingerprint density at radius 1 is 0.757 bits per heavy atom. The molecule has 7 heteroatoms. The average molecular weight is 547 g/mol. The number of quaternary nitrogens is 1. The first-order valence-electron chi connectivity index (χ1n) is 14.9. The fourth-order valence-electron chi connectivity index (χ4n) is 4.25. The molecule has 2 unspecified atom stereocenters. The van der Waals surface area contributed by atoms with Crippen LogP contribution in [0.15, 0.2) is 24.3 Å². The molecule has 0 bridgehead atoms. The molecule has 0 aliphatic heterocycles. The summed E-state index contributed by atoms with van der Waals surface area (Å²) in [7, 11) is 3.60. The number of allylic oxidation sites excluding steroid dienone is 4. The Morgan fingerprint density at radius 2 is 1.27 bits per heavy atom. The smallest absolute Gasteiger partial charge is 0.379 e. The van der Waals surface area contributed by atoms with Gasteiger partial charge >= 0.3 is 7.60 Å². The van der Waals surface area contributed by atoms with Crippen LogP contribution in [0.1, 0.15) is 110 Å². The highest BCUT2D eigenvalue weighted by molar-refractivity contribution is 7.53. The Kier molecular flexibility index (Phi) is 23.1.